The first-order chi connectivity index (χ1) is 9.27. The van der Waals surface area contributed by atoms with Crippen LogP contribution in [0.15, 0.2) is 12.1 Å². The fourth-order valence-electron chi connectivity index (χ4n) is 1.40. The standard InChI is InChI=1S/C11H10F2N2O5/c1-14(5-9(16)20-2)11(17)7-3-6(12)4-8(10(7)13)15(18)19/h3-4H,5H2,1-2H3. The number of carbonyl (C=O) groups is 2. The van der Waals surface area contributed by atoms with Gasteiger partial charge >= 0.3 is 11.7 Å². The van der Waals surface area contributed by atoms with Gasteiger partial charge in [0.1, 0.15) is 12.4 Å². The van der Waals surface area contributed by atoms with Crippen LogP contribution in [0.1, 0.15) is 10.4 Å². The molecule has 0 aromatic heterocycles. The highest BCUT2D eigenvalue weighted by Crippen LogP contribution is 2.23. The number of amides is 1. The normalized spacial score (nSPS) is 10.0. The maximum absolute atomic E-state index is 13.8. The van der Waals surface area contributed by atoms with Crippen LogP contribution >= 0.6 is 0 Å². The Morgan fingerprint density at radius 1 is 1.40 bits per heavy atom. The lowest BCUT2D eigenvalue weighted by molar-refractivity contribution is -0.387. The number of benzene rings is 1. The van der Waals surface area contributed by atoms with E-state index in [2.05, 4.69) is 4.74 Å². The van der Waals surface area contributed by atoms with Gasteiger partial charge in [-0.2, -0.15) is 4.39 Å². The van der Waals surface area contributed by atoms with Gasteiger partial charge in [0, 0.05) is 7.05 Å². The van der Waals surface area contributed by atoms with E-state index in [0.717, 1.165) is 19.1 Å². The minimum absolute atomic E-state index is 0.367. The number of halogens is 2. The Balaban J connectivity index is 3.16. The summed E-state index contributed by atoms with van der Waals surface area (Å²) in [5, 5.41) is 10.5. The van der Waals surface area contributed by atoms with Crippen LogP contribution in [0.5, 0.6) is 0 Å². The van der Waals surface area contributed by atoms with Gasteiger partial charge in [0.15, 0.2) is 0 Å². The molecule has 20 heavy (non-hydrogen) atoms. The molecular weight excluding hydrogens is 278 g/mol. The van der Waals surface area contributed by atoms with Crippen molar-refractivity contribution in [3.05, 3.63) is 39.4 Å². The molecule has 0 fully saturated rings. The number of nitro benzene ring substituents is 1. The highest BCUT2D eigenvalue weighted by atomic mass is 19.1. The number of methoxy groups -OCH3 is 1. The van der Waals surface area contributed by atoms with Crippen molar-refractivity contribution in [2.75, 3.05) is 20.7 Å². The van der Waals surface area contributed by atoms with Gasteiger partial charge in [-0.3, -0.25) is 19.7 Å². The summed E-state index contributed by atoms with van der Waals surface area (Å²) in [6.07, 6.45) is 0. The highest BCUT2D eigenvalue weighted by molar-refractivity contribution is 5.96. The van der Waals surface area contributed by atoms with E-state index in [-0.39, 0.29) is 0 Å². The molecule has 0 atom stereocenters. The Labute approximate surface area is 111 Å². The number of nitro groups is 1. The largest absolute Gasteiger partial charge is 0.468 e. The van der Waals surface area contributed by atoms with Crippen LogP contribution < -0.4 is 0 Å². The summed E-state index contributed by atoms with van der Waals surface area (Å²) in [6, 6.07) is 0.894. The highest BCUT2D eigenvalue weighted by Gasteiger charge is 2.26. The van der Waals surface area contributed by atoms with Crippen LogP contribution in [0.25, 0.3) is 0 Å². The van der Waals surface area contributed by atoms with Crippen LogP contribution in [0.2, 0.25) is 0 Å². The molecule has 0 N–H and O–H groups in total. The van der Waals surface area contributed by atoms with E-state index in [9.17, 15) is 28.5 Å². The number of hydrogen-bond donors (Lipinski definition) is 0. The Bertz CT molecular complexity index is 576. The van der Waals surface area contributed by atoms with Crippen LogP contribution in [-0.4, -0.2) is 42.4 Å². The fourth-order valence-corrected chi connectivity index (χ4v) is 1.40. The quantitative estimate of drug-likeness (QED) is 0.470. The zero-order valence-electron chi connectivity index (χ0n) is 10.6. The van der Waals surface area contributed by atoms with E-state index in [4.69, 9.17) is 0 Å². The molecule has 0 aliphatic rings. The Morgan fingerprint density at radius 2 is 2.00 bits per heavy atom. The second-order valence-corrected chi connectivity index (χ2v) is 3.78. The molecule has 0 spiro atoms. The van der Waals surface area contributed by atoms with Gasteiger partial charge in [-0.15, -0.1) is 0 Å². The lowest BCUT2D eigenvalue weighted by Gasteiger charge is -2.15. The van der Waals surface area contributed by atoms with Gasteiger partial charge in [0.05, 0.1) is 23.7 Å². The van der Waals surface area contributed by atoms with Gasteiger partial charge in [0.2, 0.25) is 5.82 Å². The summed E-state index contributed by atoms with van der Waals surface area (Å²) in [5.41, 5.74) is -1.98. The third-order valence-electron chi connectivity index (χ3n) is 2.39. The topological polar surface area (TPSA) is 89.8 Å². The van der Waals surface area contributed by atoms with Gasteiger partial charge in [-0.05, 0) is 6.07 Å². The van der Waals surface area contributed by atoms with Gasteiger partial charge < -0.3 is 9.64 Å². The third kappa shape index (κ3) is 3.25. The molecule has 0 aliphatic carbocycles. The van der Waals surface area contributed by atoms with E-state index in [1.807, 2.05) is 0 Å². The second-order valence-electron chi connectivity index (χ2n) is 3.78. The van der Waals surface area contributed by atoms with E-state index in [0.29, 0.717) is 12.1 Å². The molecule has 0 bridgehead atoms. The van der Waals surface area contributed by atoms with Crippen molar-refractivity contribution >= 4 is 17.6 Å². The Hall–Kier alpha value is -2.58. The van der Waals surface area contributed by atoms with Crippen molar-refractivity contribution in [2.45, 2.75) is 0 Å². The summed E-state index contributed by atoms with van der Waals surface area (Å²) in [6.45, 7) is -0.501. The van der Waals surface area contributed by atoms with Crippen molar-refractivity contribution in [1.29, 1.82) is 0 Å². The zero-order chi connectivity index (χ0) is 15.4. The summed E-state index contributed by atoms with van der Waals surface area (Å²) < 4.78 is 31.3. The SMILES string of the molecule is COC(=O)CN(C)C(=O)c1cc(F)cc([N+](=O)[O-])c1F. The van der Waals surface area contributed by atoms with Crippen molar-refractivity contribution in [1.82, 2.24) is 4.90 Å². The minimum atomic E-state index is -1.46. The van der Waals surface area contributed by atoms with Gasteiger partial charge in [-0.1, -0.05) is 0 Å². The fraction of sp³-hybridized carbons (Fsp3) is 0.273. The Morgan fingerprint density at radius 3 is 2.50 bits per heavy atom. The molecule has 0 aliphatic heterocycles. The van der Waals surface area contributed by atoms with E-state index in [1.54, 1.807) is 0 Å². The first-order valence-corrected chi connectivity index (χ1v) is 5.23. The summed E-state index contributed by atoms with van der Waals surface area (Å²) >= 11 is 0. The predicted octanol–water partition coefficient (Wildman–Crippen LogP) is 1.12. The smallest absolute Gasteiger partial charge is 0.325 e. The average Bonchev–Trinajstić information content (AvgIpc) is 2.39. The average molecular weight is 288 g/mol. The maximum Gasteiger partial charge on any atom is 0.325 e. The molecule has 1 amide bonds. The molecule has 0 heterocycles. The molecule has 0 saturated carbocycles. The molecule has 9 heteroatoms. The number of ether oxygens (including phenoxy) is 1. The van der Waals surface area contributed by atoms with E-state index in [1.165, 1.54) is 0 Å². The molecule has 7 nitrogen and oxygen atoms in total. The Kier molecular flexibility index (Phi) is 4.68. The van der Waals surface area contributed by atoms with Crippen molar-refractivity contribution < 1.29 is 28.0 Å². The van der Waals surface area contributed by atoms with Crippen molar-refractivity contribution in [3.63, 3.8) is 0 Å². The van der Waals surface area contributed by atoms with Crippen LogP contribution in [-0.2, 0) is 9.53 Å². The first kappa shape index (κ1) is 15.5. The van der Waals surface area contributed by atoms with Crippen molar-refractivity contribution in [3.8, 4) is 0 Å². The van der Waals surface area contributed by atoms with Crippen molar-refractivity contribution in [2.24, 2.45) is 0 Å². The molecule has 1 aromatic rings. The zero-order valence-corrected chi connectivity index (χ0v) is 10.6. The maximum atomic E-state index is 13.8. The predicted molar refractivity (Wildman–Crippen MR) is 62.0 cm³/mol. The van der Waals surface area contributed by atoms with Gasteiger partial charge in [-0.25, -0.2) is 4.39 Å². The number of nitrogens with zero attached hydrogens (tertiary/aromatic N) is 2. The first-order valence-electron chi connectivity index (χ1n) is 5.23. The number of likely N-dealkylation sites (N-methyl/N-ethyl adjacent to an activating group) is 1. The molecule has 108 valence electrons. The van der Waals surface area contributed by atoms with Crippen LogP contribution in [0, 0.1) is 21.7 Å². The second kappa shape index (κ2) is 6.04. The number of esters is 1. The summed E-state index contributed by atoms with van der Waals surface area (Å²) in [4.78, 5) is 33.0. The molecule has 0 radical (unpaired) electrons. The lowest BCUT2D eigenvalue weighted by Crippen LogP contribution is -2.33. The van der Waals surface area contributed by atoms with E-state index >= 15 is 0 Å². The van der Waals surface area contributed by atoms with Crippen LogP contribution in [0.3, 0.4) is 0 Å². The molecule has 0 saturated heterocycles. The summed E-state index contributed by atoms with van der Waals surface area (Å²) in [5.74, 6) is -4.44. The molecule has 1 aromatic carbocycles. The summed E-state index contributed by atoms with van der Waals surface area (Å²) in [7, 11) is 2.24. The van der Waals surface area contributed by atoms with Crippen LogP contribution in [0.4, 0.5) is 14.5 Å². The number of rotatable bonds is 4. The van der Waals surface area contributed by atoms with E-state index < -0.39 is 46.2 Å². The molecule has 1 rings (SSSR count). The molecule has 0 unspecified atom stereocenters. The number of carbonyl (C=O) groups excluding carboxylic acids is 2. The third-order valence-corrected chi connectivity index (χ3v) is 2.39. The lowest BCUT2D eigenvalue weighted by atomic mass is 10.1. The van der Waals surface area contributed by atoms with Gasteiger partial charge in [0.25, 0.3) is 5.91 Å². The number of hydrogen-bond acceptors (Lipinski definition) is 5. The molecular formula is C11H10F2N2O5. The minimum Gasteiger partial charge on any atom is -0.468 e. The monoisotopic (exact) mass is 288 g/mol.